The van der Waals surface area contributed by atoms with E-state index in [4.69, 9.17) is 23.2 Å². The highest BCUT2D eigenvalue weighted by molar-refractivity contribution is 6.36. The molecule has 0 aliphatic rings. The van der Waals surface area contributed by atoms with Crippen molar-refractivity contribution in [3.05, 3.63) is 34.6 Å². The van der Waals surface area contributed by atoms with Crippen LogP contribution in [0.2, 0.25) is 10.0 Å². The van der Waals surface area contributed by atoms with Crippen LogP contribution in [0.1, 0.15) is 13.3 Å². The minimum absolute atomic E-state index is 0.473. The predicted molar refractivity (Wildman–Crippen MR) is 70.2 cm³/mol. The summed E-state index contributed by atoms with van der Waals surface area (Å²) < 4.78 is 1.61. The minimum atomic E-state index is 0.473. The van der Waals surface area contributed by atoms with Crippen LogP contribution in [-0.2, 0) is 0 Å². The number of nitrogens with zero attached hydrogens (tertiary/aromatic N) is 3. The van der Waals surface area contributed by atoms with Gasteiger partial charge in [0.1, 0.15) is 5.82 Å². The molecule has 0 atom stereocenters. The number of hydrogen-bond donors (Lipinski definition) is 1. The van der Waals surface area contributed by atoms with Gasteiger partial charge in [0.2, 0.25) is 0 Å². The Morgan fingerprint density at radius 2 is 2.18 bits per heavy atom. The lowest BCUT2D eigenvalue weighted by molar-refractivity contribution is 0.845. The van der Waals surface area contributed by atoms with Crippen LogP contribution in [0.3, 0.4) is 0 Å². The van der Waals surface area contributed by atoms with Crippen molar-refractivity contribution in [2.75, 3.05) is 11.9 Å². The monoisotopic (exact) mass is 270 g/mol. The van der Waals surface area contributed by atoms with Gasteiger partial charge in [-0.25, -0.2) is 9.67 Å². The fourth-order valence-corrected chi connectivity index (χ4v) is 1.89. The van der Waals surface area contributed by atoms with E-state index in [0.29, 0.717) is 21.7 Å². The third-order valence-corrected chi connectivity index (χ3v) is 2.74. The molecule has 4 nitrogen and oxygen atoms in total. The first-order valence-electron chi connectivity index (χ1n) is 5.32. The van der Waals surface area contributed by atoms with Crippen LogP contribution in [0, 0.1) is 0 Å². The molecule has 0 aliphatic carbocycles. The van der Waals surface area contributed by atoms with Gasteiger partial charge in [-0.3, -0.25) is 0 Å². The van der Waals surface area contributed by atoms with Crippen molar-refractivity contribution in [3.63, 3.8) is 0 Å². The number of anilines is 1. The lowest BCUT2D eigenvalue weighted by atomic mass is 10.4. The van der Waals surface area contributed by atoms with Crippen molar-refractivity contribution in [1.82, 2.24) is 14.8 Å². The van der Waals surface area contributed by atoms with E-state index in [1.807, 2.05) is 6.07 Å². The van der Waals surface area contributed by atoms with Crippen LogP contribution in [0.4, 0.5) is 5.82 Å². The standard InChI is InChI=1S/C11H12Cl2N4/c1-2-4-14-10-8(12)7-9(13)11(16-10)17-6-3-5-15-17/h3,5-7H,2,4H2,1H3,(H,14,16). The summed E-state index contributed by atoms with van der Waals surface area (Å²) in [6, 6.07) is 3.48. The van der Waals surface area contributed by atoms with Crippen LogP contribution in [0.15, 0.2) is 24.5 Å². The summed E-state index contributed by atoms with van der Waals surface area (Å²) >= 11 is 12.2. The van der Waals surface area contributed by atoms with E-state index in [2.05, 4.69) is 22.3 Å². The molecule has 17 heavy (non-hydrogen) atoms. The van der Waals surface area contributed by atoms with E-state index in [9.17, 15) is 0 Å². The summed E-state index contributed by atoms with van der Waals surface area (Å²) in [5, 5.41) is 8.23. The molecule has 0 spiro atoms. The highest BCUT2D eigenvalue weighted by atomic mass is 35.5. The molecule has 2 heterocycles. The van der Waals surface area contributed by atoms with Crippen molar-refractivity contribution < 1.29 is 0 Å². The molecule has 2 aromatic heterocycles. The Balaban J connectivity index is 2.39. The van der Waals surface area contributed by atoms with Gasteiger partial charge >= 0.3 is 0 Å². The van der Waals surface area contributed by atoms with Crippen LogP contribution < -0.4 is 5.32 Å². The topological polar surface area (TPSA) is 42.7 Å². The summed E-state index contributed by atoms with van der Waals surface area (Å²) in [5.41, 5.74) is 0. The number of halogens is 2. The second-order valence-electron chi connectivity index (χ2n) is 3.50. The van der Waals surface area contributed by atoms with Gasteiger partial charge in [0.05, 0.1) is 10.0 Å². The number of rotatable bonds is 4. The Hall–Kier alpha value is -1.26. The van der Waals surface area contributed by atoms with Crippen LogP contribution in [0.25, 0.3) is 5.82 Å². The summed E-state index contributed by atoms with van der Waals surface area (Å²) in [6.07, 6.45) is 4.45. The van der Waals surface area contributed by atoms with Gasteiger partial charge in [-0.1, -0.05) is 30.1 Å². The van der Waals surface area contributed by atoms with Crippen LogP contribution in [0.5, 0.6) is 0 Å². The zero-order chi connectivity index (χ0) is 12.3. The molecular formula is C11H12Cl2N4. The Labute approximate surface area is 110 Å². The van der Waals surface area contributed by atoms with Crippen molar-refractivity contribution in [2.45, 2.75) is 13.3 Å². The first-order chi connectivity index (χ1) is 8.22. The molecule has 2 aromatic rings. The molecule has 2 rings (SSSR count). The van der Waals surface area contributed by atoms with E-state index in [1.165, 1.54) is 0 Å². The average molecular weight is 271 g/mol. The van der Waals surface area contributed by atoms with E-state index < -0.39 is 0 Å². The van der Waals surface area contributed by atoms with Gasteiger partial charge < -0.3 is 5.32 Å². The second kappa shape index (κ2) is 5.38. The molecule has 1 N–H and O–H groups in total. The Morgan fingerprint density at radius 3 is 2.82 bits per heavy atom. The number of nitrogens with one attached hydrogen (secondary N) is 1. The van der Waals surface area contributed by atoms with Crippen molar-refractivity contribution in [3.8, 4) is 5.82 Å². The second-order valence-corrected chi connectivity index (χ2v) is 4.32. The molecule has 0 unspecified atom stereocenters. The fourth-order valence-electron chi connectivity index (χ4n) is 1.38. The normalized spacial score (nSPS) is 10.5. The Morgan fingerprint density at radius 1 is 1.35 bits per heavy atom. The maximum atomic E-state index is 6.09. The molecule has 0 bridgehead atoms. The van der Waals surface area contributed by atoms with Gasteiger partial charge in [-0.15, -0.1) is 0 Å². The summed E-state index contributed by atoms with van der Waals surface area (Å²) in [7, 11) is 0. The van der Waals surface area contributed by atoms with E-state index in [1.54, 1.807) is 23.1 Å². The quantitative estimate of drug-likeness (QED) is 0.926. The number of pyridine rings is 1. The maximum absolute atomic E-state index is 6.09. The third kappa shape index (κ3) is 2.70. The SMILES string of the molecule is CCCNc1nc(-n2cccn2)c(Cl)cc1Cl. The molecule has 0 saturated heterocycles. The van der Waals surface area contributed by atoms with Gasteiger partial charge in [-0.2, -0.15) is 5.10 Å². The van der Waals surface area contributed by atoms with Gasteiger partial charge in [0.25, 0.3) is 0 Å². The lowest BCUT2D eigenvalue weighted by Gasteiger charge is -2.10. The third-order valence-electron chi connectivity index (χ3n) is 2.17. The Kier molecular flexibility index (Phi) is 3.86. The highest BCUT2D eigenvalue weighted by Gasteiger charge is 2.10. The molecule has 0 saturated carbocycles. The molecule has 90 valence electrons. The highest BCUT2D eigenvalue weighted by Crippen LogP contribution is 2.27. The maximum Gasteiger partial charge on any atom is 0.174 e. The number of aromatic nitrogens is 3. The summed E-state index contributed by atoms with van der Waals surface area (Å²) in [4.78, 5) is 4.38. The van der Waals surface area contributed by atoms with Crippen molar-refractivity contribution in [1.29, 1.82) is 0 Å². The minimum Gasteiger partial charge on any atom is -0.369 e. The van der Waals surface area contributed by atoms with E-state index in [0.717, 1.165) is 13.0 Å². The number of hydrogen-bond acceptors (Lipinski definition) is 3. The first kappa shape index (κ1) is 12.2. The lowest BCUT2D eigenvalue weighted by Crippen LogP contribution is -2.06. The predicted octanol–water partition coefficient (Wildman–Crippen LogP) is 3.40. The van der Waals surface area contributed by atoms with Crippen LogP contribution in [-0.4, -0.2) is 21.3 Å². The van der Waals surface area contributed by atoms with Crippen molar-refractivity contribution in [2.24, 2.45) is 0 Å². The molecular weight excluding hydrogens is 259 g/mol. The molecule has 0 fully saturated rings. The summed E-state index contributed by atoms with van der Waals surface area (Å²) in [6.45, 7) is 2.89. The average Bonchev–Trinajstić information content (AvgIpc) is 2.81. The van der Waals surface area contributed by atoms with Crippen molar-refractivity contribution >= 4 is 29.0 Å². The first-order valence-corrected chi connectivity index (χ1v) is 6.08. The van der Waals surface area contributed by atoms with Gasteiger partial charge in [0.15, 0.2) is 5.82 Å². The molecule has 0 aliphatic heterocycles. The molecule has 0 radical (unpaired) electrons. The van der Waals surface area contributed by atoms with E-state index in [-0.39, 0.29) is 0 Å². The molecule has 0 aromatic carbocycles. The van der Waals surface area contributed by atoms with Gasteiger partial charge in [-0.05, 0) is 18.6 Å². The van der Waals surface area contributed by atoms with Crippen LogP contribution >= 0.6 is 23.2 Å². The fraction of sp³-hybridized carbons (Fsp3) is 0.273. The van der Waals surface area contributed by atoms with E-state index >= 15 is 0 Å². The molecule has 0 amide bonds. The van der Waals surface area contributed by atoms with Gasteiger partial charge in [0, 0.05) is 18.9 Å². The largest absolute Gasteiger partial charge is 0.369 e. The summed E-state index contributed by atoms with van der Waals surface area (Å²) in [5.74, 6) is 1.20. The zero-order valence-corrected chi connectivity index (χ0v) is 10.8. The molecule has 6 heteroatoms. The Bertz CT molecular complexity index is 496. The zero-order valence-electron chi connectivity index (χ0n) is 9.32. The smallest absolute Gasteiger partial charge is 0.174 e.